The molecule has 0 aliphatic heterocycles. The highest BCUT2D eigenvalue weighted by Gasteiger charge is 2.33. The van der Waals surface area contributed by atoms with Gasteiger partial charge in [0, 0.05) is 25.9 Å². The topological polar surface area (TPSA) is 118 Å². The first-order valence-electron chi connectivity index (χ1n) is 8.69. The number of carbonyl (C=O) groups excluding carboxylic acids is 1. The molecule has 0 spiro atoms. The number of pyridine rings is 1. The van der Waals surface area contributed by atoms with Gasteiger partial charge in [0.15, 0.2) is 5.82 Å². The summed E-state index contributed by atoms with van der Waals surface area (Å²) in [5.74, 6) is 0.579. The van der Waals surface area contributed by atoms with Crippen LogP contribution in [0.5, 0.6) is 0 Å². The third-order valence-electron chi connectivity index (χ3n) is 4.44. The Morgan fingerprint density at radius 2 is 2.07 bits per heavy atom. The molecule has 28 heavy (non-hydrogen) atoms. The molecule has 10 heteroatoms. The lowest BCUT2D eigenvalue weighted by molar-refractivity contribution is -0.158. The number of nitrogens with zero attached hydrogens (tertiary/aromatic N) is 3. The van der Waals surface area contributed by atoms with Gasteiger partial charge in [-0.2, -0.15) is 10.2 Å². The molecule has 1 aromatic carbocycles. The van der Waals surface area contributed by atoms with E-state index in [2.05, 4.69) is 31.1 Å². The number of nitrogens with one attached hydrogen (secondary N) is 4. The predicted molar refractivity (Wildman–Crippen MR) is 104 cm³/mol. The quantitative estimate of drug-likeness (QED) is 0.328. The van der Waals surface area contributed by atoms with Gasteiger partial charge in [-0.15, -0.1) is 0 Å². The summed E-state index contributed by atoms with van der Waals surface area (Å²) >= 11 is 0. The summed E-state index contributed by atoms with van der Waals surface area (Å²) in [5, 5.41) is 27.2. The average molecular weight is 387 g/mol. The van der Waals surface area contributed by atoms with Crippen LogP contribution in [-0.2, 0) is 5.66 Å². The number of carbonyl (C=O) groups is 1. The van der Waals surface area contributed by atoms with E-state index in [0.29, 0.717) is 22.7 Å². The smallest absolute Gasteiger partial charge is 0.322 e. The minimum Gasteiger partial charge on any atom is -0.368 e. The summed E-state index contributed by atoms with van der Waals surface area (Å²) in [7, 11) is 1.39. The number of anilines is 2. The SMILES string of the molecule is CCNc1n[nH]c2cc(NC(=O)NC(C)(c3ccc(F)cc3)N(C)O)ncc12. The van der Waals surface area contributed by atoms with Crippen LogP contribution in [0.15, 0.2) is 36.5 Å². The van der Waals surface area contributed by atoms with Crippen molar-refractivity contribution >= 4 is 28.6 Å². The fraction of sp³-hybridized carbons (Fsp3) is 0.278. The molecular formula is C18H22FN7O2. The molecule has 0 aliphatic rings. The van der Waals surface area contributed by atoms with Crippen LogP contribution < -0.4 is 16.0 Å². The van der Waals surface area contributed by atoms with Crippen LogP contribution in [0.4, 0.5) is 20.8 Å². The van der Waals surface area contributed by atoms with Crippen LogP contribution >= 0.6 is 0 Å². The van der Waals surface area contributed by atoms with E-state index in [1.165, 1.54) is 31.3 Å². The molecule has 9 nitrogen and oxygen atoms in total. The normalized spacial score (nSPS) is 13.4. The lowest BCUT2D eigenvalue weighted by atomic mass is 10.0. The van der Waals surface area contributed by atoms with Gasteiger partial charge in [0.1, 0.15) is 17.3 Å². The highest BCUT2D eigenvalue weighted by Crippen LogP contribution is 2.24. The number of amides is 2. The summed E-state index contributed by atoms with van der Waals surface area (Å²) in [5.41, 5.74) is -0.0724. The number of hydrogen-bond donors (Lipinski definition) is 5. The monoisotopic (exact) mass is 387 g/mol. The van der Waals surface area contributed by atoms with Gasteiger partial charge >= 0.3 is 6.03 Å². The molecule has 0 aliphatic carbocycles. The summed E-state index contributed by atoms with van der Waals surface area (Å²) in [6.07, 6.45) is 1.60. The van der Waals surface area contributed by atoms with E-state index < -0.39 is 17.5 Å². The maximum absolute atomic E-state index is 13.2. The van der Waals surface area contributed by atoms with Crippen LogP contribution in [0.1, 0.15) is 19.4 Å². The molecule has 3 rings (SSSR count). The van der Waals surface area contributed by atoms with E-state index in [4.69, 9.17) is 0 Å². The van der Waals surface area contributed by atoms with E-state index in [9.17, 15) is 14.4 Å². The van der Waals surface area contributed by atoms with Crippen LogP contribution in [0.2, 0.25) is 0 Å². The molecule has 0 saturated carbocycles. The minimum absolute atomic E-state index is 0.304. The highest BCUT2D eigenvalue weighted by molar-refractivity contribution is 5.94. The number of aromatic amines is 1. The van der Waals surface area contributed by atoms with Crippen molar-refractivity contribution in [1.29, 1.82) is 0 Å². The number of aromatic nitrogens is 3. The summed E-state index contributed by atoms with van der Waals surface area (Å²) in [6, 6.07) is 6.55. The van der Waals surface area contributed by atoms with Gasteiger partial charge in [-0.05, 0) is 31.5 Å². The molecule has 1 atom stereocenters. The standard InChI is InChI=1S/C18H22FN7O2/c1-4-20-16-13-10-21-15(9-14(13)24-25-16)22-17(27)23-18(2,26(3)28)11-5-7-12(19)8-6-11/h5-10,28H,4H2,1-3H3,(H2,20,24,25)(H2,21,22,23,27). The van der Waals surface area contributed by atoms with E-state index in [1.54, 1.807) is 19.2 Å². The Morgan fingerprint density at radius 3 is 2.71 bits per heavy atom. The minimum atomic E-state index is -1.28. The van der Waals surface area contributed by atoms with Crippen molar-refractivity contribution in [3.8, 4) is 0 Å². The summed E-state index contributed by atoms with van der Waals surface area (Å²) in [4.78, 5) is 16.7. The molecule has 2 amide bonds. The molecule has 0 saturated heterocycles. The maximum atomic E-state index is 13.2. The number of H-pyrrole nitrogens is 1. The van der Waals surface area contributed by atoms with Crippen molar-refractivity contribution in [1.82, 2.24) is 25.6 Å². The van der Waals surface area contributed by atoms with Gasteiger partial charge in [-0.3, -0.25) is 10.4 Å². The number of hydroxylamine groups is 2. The van der Waals surface area contributed by atoms with Gasteiger partial charge < -0.3 is 15.8 Å². The van der Waals surface area contributed by atoms with E-state index in [-0.39, 0.29) is 0 Å². The van der Waals surface area contributed by atoms with Gasteiger partial charge in [-0.1, -0.05) is 12.1 Å². The summed E-state index contributed by atoms with van der Waals surface area (Å²) < 4.78 is 13.2. The van der Waals surface area contributed by atoms with Gasteiger partial charge in [0.25, 0.3) is 0 Å². The number of halogens is 1. The third-order valence-corrected chi connectivity index (χ3v) is 4.44. The van der Waals surface area contributed by atoms with E-state index in [1.807, 2.05) is 6.92 Å². The number of urea groups is 1. The van der Waals surface area contributed by atoms with Crippen molar-refractivity contribution in [2.45, 2.75) is 19.5 Å². The fourth-order valence-electron chi connectivity index (χ4n) is 2.77. The number of fused-ring (bicyclic) bond motifs is 1. The molecule has 148 valence electrons. The lowest BCUT2D eigenvalue weighted by Gasteiger charge is -2.35. The predicted octanol–water partition coefficient (Wildman–Crippen LogP) is 2.84. The molecule has 0 fully saturated rings. The first-order valence-corrected chi connectivity index (χ1v) is 8.69. The molecular weight excluding hydrogens is 365 g/mol. The summed E-state index contributed by atoms with van der Waals surface area (Å²) in [6.45, 7) is 4.28. The van der Waals surface area contributed by atoms with Gasteiger partial charge in [0.05, 0.1) is 10.9 Å². The first-order chi connectivity index (χ1) is 13.3. The molecule has 0 bridgehead atoms. The molecule has 3 aromatic rings. The van der Waals surface area contributed by atoms with Crippen LogP contribution in [0, 0.1) is 5.82 Å². The zero-order chi connectivity index (χ0) is 20.3. The average Bonchev–Trinajstić information content (AvgIpc) is 3.04. The largest absolute Gasteiger partial charge is 0.368 e. The van der Waals surface area contributed by atoms with Crippen LogP contribution in [0.3, 0.4) is 0 Å². The zero-order valence-electron chi connectivity index (χ0n) is 15.7. The van der Waals surface area contributed by atoms with Crippen molar-refractivity contribution in [3.05, 3.63) is 47.9 Å². The molecule has 0 radical (unpaired) electrons. The van der Waals surface area contributed by atoms with E-state index >= 15 is 0 Å². The highest BCUT2D eigenvalue weighted by atomic mass is 19.1. The molecule has 2 aromatic heterocycles. The number of hydrogen-bond acceptors (Lipinski definition) is 6. The van der Waals surface area contributed by atoms with Crippen molar-refractivity contribution < 1.29 is 14.4 Å². The van der Waals surface area contributed by atoms with E-state index in [0.717, 1.165) is 17.0 Å². The Bertz CT molecular complexity index is 974. The van der Waals surface area contributed by atoms with Gasteiger partial charge in [-0.25, -0.2) is 14.2 Å². The first kappa shape index (κ1) is 19.5. The van der Waals surface area contributed by atoms with Crippen molar-refractivity contribution in [2.75, 3.05) is 24.2 Å². The second kappa shape index (κ2) is 7.79. The number of benzene rings is 1. The Balaban J connectivity index is 1.77. The van der Waals surface area contributed by atoms with Crippen molar-refractivity contribution in [3.63, 3.8) is 0 Å². The Kier molecular flexibility index (Phi) is 5.43. The zero-order valence-corrected chi connectivity index (χ0v) is 15.7. The Labute approximate surface area is 160 Å². The fourth-order valence-corrected chi connectivity index (χ4v) is 2.77. The Morgan fingerprint density at radius 1 is 1.36 bits per heavy atom. The second-order valence-corrected chi connectivity index (χ2v) is 6.40. The third kappa shape index (κ3) is 3.87. The van der Waals surface area contributed by atoms with Crippen molar-refractivity contribution in [2.24, 2.45) is 0 Å². The molecule has 2 heterocycles. The maximum Gasteiger partial charge on any atom is 0.322 e. The molecule has 5 N–H and O–H groups in total. The molecule has 1 unspecified atom stereocenters. The lowest BCUT2D eigenvalue weighted by Crippen LogP contribution is -2.54. The number of rotatable bonds is 6. The van der Waals surface area contributed by atoms with Crippen LogP contribution in [0.25, 0.3) is 10.9 Å². The second-order valence-electron chi connectivity index (χ2n) is 6.40. The van der Waals surface area contributed by atoms with Gasteiger partial charge in [0.2, 0.25) is 0 Å². The van der Waals surface area contributed by atoms with Crippen LogP contribution in [-0.4, -0.2) is 45.1 Å². The Hall–Kier alpha value is -3.24.